The van der Waals surface area contributed by atoms with Gasteiger partial charge in [0, 0.05) is 22.8 Å². The lowest BCUT2D eigenvalue weighted by Gasteiger charge is -2.11. The van der Waals surface area contributed by atoms with Gasteiger partial charge in [-0.05, 0) is 42.5 Å². The fourth-order valence-corrected chi connectivity index (χ4v) is 4.09. The number of carbonyl (C=O) groups excluding carboxylic acids is 1. The van der Waals surface area contributed by atoms with E-state index in [0.29, 0.717) is 22.0 Å². The number of ether oxygens (including phenoxy) is 1. The second-order valence-corrected chi connectivity index (χ2v) is 8.17. The molecular weight excluding hydrogens is 416 g/mol. The summed E-state index contributed by atoms with van der Waals surface area (Å²) in [7, 11) is -2.35. The van der Waals surface area contributed by atoms with Crippen LogP contribution in [-0.4, -0.2) is 38.2 Å². The zero-order valence-corrected chi connectivity index (χ0v) is 17.3. The fourth-order valence-electron chi connectivity index (χ4n) is 2.66. The Bertz CT molecular complexity index is 1140. The van der Waals surface area contributed by atoms with Gasteiger partial charge in [-0.25, -0.2) is 13.1 Å². The van der Waals surface area contributed by atoms with Crippen LogP contribution in [0.15, 0.2) is 53.4 Å². The van der Waals surface area contributed by atoms with Gasteiger partial charge in [0.25, 0.3) is 5.91 Å². The second kappa shape index (κ2) is 8.64. The van der Waals surface area contributed by atoms with Crippen LogP contribution in [0.2, 0.25) is 5.02 Å². The van der Waals surface area contributed by atoms with Crippen molar-refractivity contribution in [3.63, 3.8) is 0 Å². The topological polar surface area (TPSA) is 113 Å². The molecule has 2 aromatic carbocycles. The average Bonchev–Trinajstić information content (AvgIpc) is 3.18. The number of hydrogen-bond acceptors (Lipinski definition) is 5. The first-order valence-electron chi connectivity index (χ1n) is 8.64. The van der Waals surface area contributed by atoms with Crippen molar-refractivity contribution in [1.82, 2.24) is 14.9 Å². The van der Waals surface area contributed by atoms with Crippen molar-refractivity contribution in [3.8, 4) is 17.0 Å². The second-order valence-electron chi connectivity index (χ2n) is 6.00. The number of aromatic amines is 1. The quantitative estimate of drug-likeness (QED) is 0.528. The molecule has 0 aliphatic heterocycles. The van der Waals surface area contributed by atoms with E-state index >= 15 is 0 Å². The van der Waals surface area contributed by atoms with E-state index in [0.717, 1.165) is 0 Å². The van der Waals surface area contributed by atoms with E-state index in [4.69, 9.17) is 16.3 Å². The first-order valence-corrected chi connectivity index (χ1v) is 10.5. The van der Waals surface area contributed by atoms with Crippen LogP contribution in [0.4, 0.5) is 5.69 Å². The average molecular weight is 435 g/mol. The Balaban J connectivity index is 1.89. The maximum absolute atomic E-state index is 12.4. The smallest absolute Gasteiger partial charge is 0.273 e. The minimum atomic E-state index is -3.74. The van der Waals surface area contributed by atoms with E-state index < -0.39 is 15.9 Å². The molecule has 29 heavy (non-hydrogen) atoms. The molecule has 0 radical (unpaired) electrons. The third-order valence-corrected chi connectivity index (χ3v) is 5.79. The summed E-state index contributed by atoms with van der Waals surface area (Å²) in [6.45, 7) is 1.93. The number of benzene rings is 2. The van der Waals surface area contributed by atoms with E-state index in [1.807, 2.05) is 0 Å². The molecule has 1 aromatic heterocycles. The third-order valence-electron chi connectivity index (χ3n) is 3.99. The summed E-state index contributed by atoms with van der Waals surface area (Å²) in [6, 6.07) is 12.9. The summed E-state index contributed by atoms with van der Waals surface area (Å²) >= 11 is 5.92. The Kier molecular flexibility index (Phi) is 6.21. The van der Waals surface area contributed by atoms with Crippen molar-refractivity contribution in [2.75, 3.05) is 19.0 Å². The van der Waals surface area contributed by atoms with E-state index in [1.54, 1.807) is 43.3 Å². The summed E-state index contributed by atoms with van der Waals surface area (Å²) in [5.74, 6) is -0.191. The zero-order chi connectivity index (χ0) is 21.0. The molecule has 10 heteroatoms. The number of carbonyl (C=O) groups is 1. The first-order chi connectivity index (χ1) is 13.8. The first kappa shape index (κ1) is 20.8. The van der Waals surface area contributed by atoms with E-state index in [9.17, 15) is 13.2 Å². The largest absolute Gasteiger partial charge is 0.495 e. The molecular formula is C19H19ClN4O4S. The molecule has 0 saturated carbocycles. The van der Waals surface area contributed by atoms with Gasteiger partial charge in [-0.15, -0.1) is 0 Å². The van der Waals surface area contributed by atoms with Crippen LogP contribution in [0.1, 0.15) is 17.4 Å². The Morgan fingerprint density at radius 1 is 1.21 bits per heavy atom. The number of amides is 1. The van der Waals surface area contributed by atoms with Crippen molar-refractivity contribution in [1.29, 1.82) is 0 Å². The molecule has 0 atom stereocenters. The highest BCUT2D eigenvalue weighted by molar-refractivity contribution is 7.89. The highest BCUT2D eigenvalue weighted by Crippen LogP contribution is 2.29. The summed E-state index contributed by atoms with van der Waals surface area (Å²) in [6.07, 6.45) is 0. The van der Waals surface area contributed by atoms with E-state index in [-0.39, 0.29) is 22.9 Å². The lowest BCUT2D eigenvalue weighted by atomic mass is 10.1. The molecule has 8 nitrogen and oxygen atoms in total. The molecule has 0 aliphatic carbocycles. The summed E-state index contributed by atoms with van der Waals surface area (Å²) in [5, 5.41) is 10.00. The Labute approximate surface area is 173 Å². The molecule has 3 N–H and O–H groups in total. The highest BCUT2D eigenvalue weighted by Gasteiger charge is 2.20. The standard InChI is InChI=1S/C19H19ClN4O4S/c1-3-21-29(26,27)18-9-12(7-8-17(18)28-2)15-11-16(24-23-15)19(25)22-14-6-4-5-13(20)10-14/h4-11,21H,3H2,1-2H3,(H,22,25)(H,23,24). The molecule has 1 heterocycles. The van der Waals surface area contributed by atoms with Crippen LogP contribution in [0.5, 0.6) is 5.75 Å². The van der Waals surface area contributed by atoms with E-state index in [1.165, 1.54) is 19.2 Å². The normalized spacial score (nSPS) is 11.3. The molecule has 0 bridgehead atoms. The molecule has 0 aliphatic rings. The molecule has 152 valence electrons. The van der Waals surface area contributed by atoms with Gasteiger partial charge in [0.15, 0.2) is 0 Å². The van der Waals surface area contributed by atoms with Gasteiger partial charge < -0.3 is 10.1 Å². The number of nitrogens with one attached hydrogen (secondary N) is 3. The molecule has 0 fully saturated rings. The summed E-state index contributed by atoms with van der Waals surface area (Å²) in [5.41, 5.74) is 1.69. The van der Waals surface area contributed by atoms with Crippen LogP contribution in [0.25, 0.3) is 11.3 Å². The number of anilines is 1. The van der Waals surface area contributed by atoms with Crippen LogP contribution < -0.4 is 14.8 Å². The summed E-state index contributed by atoms with van der Waals surface area (Å²) in [4.78, 5) is 12.4. The number of hydrogen-bond donors (Lipinski definition) is 3. The maximum atomic E-state index is 12.4. The van der Waals surface area contributed by atoms with Crippen LogP contribution >= 0.6 is 11.6 Å². The van der Waals surface area contributed by atoms with Gasteiger partial charge in [-0.1, -0.05) is 24.6 Å². The SMILES string of the molecule is CCNS(=O)(=O)c1cc(-c2cc(C(=O)Nc3cccc(Cl)c3)[nH]n2)ccc1OC. The van der Waals surface area contributed by atoms with Crippen molar-refractivity contribution >= 4 is 33.2 Å². The molecule has 3 aromatic rings. The number of aromatic nitrogens is 2. The van der Waals surface area contributed by atoms with Gasteiger partial charge in [0.2, 0.25) is 10.0 Å². The zero-order valence-electron chi connectivity index (χ0n) is 15.7. The Hall–Kier alpha value is -2.88. The summed E-state index contributed by atoms with van der Waals surface area (Å²) < 4.78 is 32.5. The maximum Gasteiger partial charge on any atom is 0.273 e. The number of sulfonamides is 1. The van der Waals surface area contributed by atoms with E-state index in [2.05, 4.69) is 20.2 Å². The fraction of sp³-hybridized carbons (Fsp3) is 0.158. The van der Waals surface area contributed by atoms with Gasteiger partial charge >= 0.3 is 0 Å². The van der Waals surface area contributed by atoms with Crippen molar-refractivity contribution in [2.24, 2.45) is 0 Å². The lowest BCUT2D eigenvalue weighted by molar-refractivity contribution is 0.102. The van der Waals surface area contributed by atoms with Gasteiger partial charge in [0.05, 0.1) is 12.8 Å². The van der Waals surface area contributed by atoms with Gasteiger partial charge in [-0.3, -0.25) is 9.89 Å². The Morgan fingerprint density at radius 2 is 2.00 bits per heavy atom. The molecule has 0 unspecified atom stereocenters. The highest BCUT2D eigenvalue weighted by atomic mass is 35.5. The molecule has 3 rings (SSSR count). The van der Waals surface area contributed by atoms with Crippen LogP contribution in [0, 0.1) is 0 Å². The van der Waals surface area contributed by atoms with Crippen molar-refractivity contribution in [2.45, 2.75) is 11.8 Å². The monoisotopic (exact) mass is 434 g/mol. The predicted molar refractivity (Wildman–Crippen MR) is 111 cm³/mol. The molecule has 0 saturated heterocycles. The number of methoxy groups -OCH3 is 1. The van der Waals surface area contributed by atoms with Crippen LogP contribution in [0.3, 0.4) is 0 Å². The van der Waals surface area contributed by atoms with Crippen LogP contribution in [-0.2, 0) is 10.0 Å². The van der Waals surface area contributed by atoms with Crippen molar-refractivity contribution < 1.29 is 17.9 Å². The third kappa shape index (κ3) is 4.76. The van der Waals surface area contributed by atoms with Gasteiger partial charge in [-0.2, -0.15) is 5.10 Å². The minimum absolute atomic E-state index is 0.00715. The lowest BCUT2D eigenvalue weighted by Crippen LogP contribution is -2.23. The Morgan fingerprint density at radius 3 is 2.69 bits per heavy atom. The molecule has 0 spiro atoms. The number of rotatable bonds is 7. The number of H-pyrrole nitrogens is 1. The predicted octanol–water partition coefficient (Wildman–Crippen LogP) is 3.29. The van der Waals surface area contributed by atoms with Gasteiger partial charge in [0.1, 0.15) is 16.3 Å². The van der Waals surface area contributed by atoms with Crippen molar-refractivity contribution in [3.05, 3.63) is 59.2 Å². The minimum Gasteiger partial charge on any atom is -0.495 e. The molecule has 1 amide bonds. The number of nitrogens with zero attached hydrogens (tertiary/aromatic N) is 1. The number of halogens is 1.